The Balaban J connectivity index is 0.00000372. The van der Waals surface area contributed by atoms with Crippen molar-refractivity contribution < 1.29 is 25.8 Å². The Morgan fingerprint density at radius 2 is 1.57 bits per heavy atom. The molecule has 0 aliphatic carbocycles. The number of hydrogen-bond acceptors (Lipinski definition) is 3. The van der Waals surface area contributed by atoms with Gasteiger partial charge in [-0.15, -0.1) is 35.7 Å². The maximum Gasteiger partial charge on any atom is 2.00 e. The molecule has 0 amide bonds. The van der Waals surface area contributed by atoms with Crippen molar-refractivity contribution >= 4 is 21.8 Å². The second-order valence-corrected chi connectivity index (χ2v) is 12.4. The smallest absolute Gasteiger partial charge is 0.509 e. The van der Waals surface area contributed by atoms with Gasteiger partial charge in [0.1, 0.15) is 5.82 Å². The molecule has 46 heavy (non-hydrogen) atoms. The van der Waals surface area contributed by atoms with E-state index < -0.39 is 0 Å². The molecule has 7 aromatic rings. The van der Waals surface area contributed by atoms with Gasteiger partial charge in [-0.3, -0.25) is 4.68 Å². The average Bonchev–Trinajstić information content (AvgIpc) is 3.63. The molecule has 6 heteroatoms. The molecular weight excluding hydrogens is 748 g/mol. The van der Waals surface area contributed by atoms with Gasteiger partial charge < -0.3 is 9.30 Å². The van der Waals surface area contributed by atoms with Gasteiger partial charge in [0, 0.05) is 35.0 Å². The fourth-order valence-electron chi connectivity index (χ4n) is 6.33. The van der Waals surface area contributed by atoms with Crippen molar-refractivity contribution in [3.63, 3.8) is 0 Å². The number of ether oxygens (including phenoxy) is 1. The van der Waals surface area contributed by atoms with E-state index in [2.05, 4.69) is 113 Å². The summed E-state index contributed by atoms with van der Waals surface area (Å²) in [5, 5.41) is 6.96. The topological polar surface area (TPSA) is 44.9 Å². The summed E-state index contributed by atoms with van der Waals surface area (Å²) < 4.78 is 10.4. The summed E-state index contributed by atoms with van der Waals surface area (Å²) in [4.78, 5) is 4.78. The molecule has 4 aromatic carbocycles. The van der Waals surface area contributed by atoms with Crippen molar-refractivity contribution in [2.24, 2.45) is 5.92 Å². The zero-order valence-corrected chi connectivity index (χ0v) is 29.2. The first kappa shape index (κ1) is 31.5. The number of pyridine rings is 1. The van der Waals surface area contributed by atoms with Gasteiger partial charge in [-0.25, -0.2) is 4.98 Å². The van der Waals surface area contributed by atoms with E-state index in [1.807, 2.05) is 41.3 Å². The molecule has 0 aliphatic heterocycles. The van der Waals surface area contributed by atoms with E-state index in [0.29, 0.717) is 17.4 Å². The van der Waals surface area contributed by atoms with Crippen LogP contribution in [-0.4, -0.2) is 19.3 Å². The van der Waals surface area contributed by atoms with E-state index in [1.165, 1.54) is 33.4 Å². The van der Waals surface area contributed by atoms with Gasteiger partial charge >= 0.3 is 21.1 Å². The monoisotopic (exact) mass is 783 g/mol. The molecule has 0 saturated carbocycles. The number of benzene rings is 4. The number of fused-ring (bicyclic) bond motifs is 3. The minimum absolute atomic E-state index is 0. The summed E-state index contributed by atoms with van der Waals surface area (Å²) in [5.41, 5.74) is 11.6. The van der Waals surface area contributed by atoms with Gasteiger partial charge in [-0.05, 0) is 103 Å². The van der Waals surface area contributed by atoms with E-state index in [-0.39, 0.29) is 21.1 Å². The van der Waals surface area contributed by atoms with Crippen molar-refractivity contribution in [2.75, 3.05) is 0 Å². The number of aromatic nitrogens is 4. The van der Waals surface area contributed by atoms with Crippen molar-refractivity contribution in [1.29, 1.82) is 0 Å². The second-order valence-electron chi connectivity index (χ2n) is 12.4. The van der Waals surface area contributed by atoms with Gasteiger partial charge in [0.05, 0.1) is 6.20 Å². The Labute approximate surface area is 285 Å². The van der Waals surface area contributed by atoms with E-state index in [4.69, 9.17) is 14.8 Å². The summed E-state index contributed by atoms with van der Waals surface area (Å²) in [5.74, 6) is 2.65. The molecule has 0 unspecified atom stereocenters. The van der Waals surface area contributed by atoms with Crippen molar-refractivity contribution in [2.45, 2.75) is 48.0 Å². The molecule has 0 fully saturated rings. The summed E-state index contributed by atoms with van der Waals surface area (Å²) in [6.07, 6.45) is 6.90. The Morgan fingerprint density at radius 3 is 2.35 bits per heavy atom. The Kier molecular flexibility index (Phi) is 8.72. The van der Waals surface area contributed by atoms with Crippen LogP contribution < -0.4 is 4.74 Å². The first-order chi connectivity index (χ1) is 21.8. The average molecular weight is 784 g/mol. The van der Waals surface area contributed by atoms with E-state index in [0.717, 1.165) is 45.3 Å². The first-order valence-electron chi connectivity index (χ1n) is 15.5. The quantitative estimate of drug-likeness (QED) is 0.151. The fraction of sp³-hybridized carbons (Fsp3) is 0.200. The zero-order valence-electron chi connectivity index (χ0n) is 27.0. The third-order valence-corrected chi connectivity index (χ3v) is 8.70. The van der Waals surface area contributed by atoms with Crippen LogP contribution in [0.15, 0.2) is 91.4 Å². The number of rotatable bonds is 7. The van der Waals surface area contributed by atoms with Crippen LogP contribution in [-0.2, 0) is 27.5 Å². The molecule has 0 atom stereocenters. The normalized spacial score (nSPS) is 11.4. The van der Waals surface area contributed by atoms with E-state index in [1.54, 1.807) is 0 Å². The van der Waals surface area contributed by atoms with Crippen LogP contribution in [0.5, 0.6) is 11.5 Å². The minimum atomic E-state index is 0. The Morgan fingerprint density at radius 1 is 0.804 bits per heavy atom. The molecule has 0 N–H and O–H groups in total. The third-order valence-electron chi connectivity index (χ3n) is 8.70. The minimum Gasteiger partial charge on any atom is -0.509 e. The van der Waals surface area contributed by atoms with Crippen LogP contribution >= 0.6 is 0 Å². The number of aryl methyl sites for hydroxylation is 2. The largest absolute Gasteiger partial charge is 2.00 e. The van der Waals surface area contributed by atoms with E-state index >= 15 is 0 Å². The fourth-order valence-corrected chi connectivity index (χ4v) is 6.33. The van der Waals surface area contributed by atoms with E-state index in [9.17, 15) is 0 Å². The van der Waals surface area contributed by atoms with Crippen LogP contribution in [0.1, 0.15) is 41.7 Å². The van der Waals surface area contributed by atoms with Crippen molar-refractivity contribution in [1.82, 2.24) is 19.3 Å². The van der Waals surface area contributed by atoms with Gasteiger partial charge in [0.2, 0.25) is 0 Å². The molecule has 3 aromatic heterocycles. The molecule has 0 radical (unpaired) electrons. The standard InChI is InChI=1S/C40H36N4O.Pt/c1-25(2)18-30-16-17-41-39(20-30)44-37-13-8-7-12-35(37)36-15-14-34(22-38(36)44)45-33-11-9-10-32(21-33)43-24-31(23-42-43)40-28(5)26(3)19-27(4)29(40)6;/h7-17,19-20,23-25H,18H2,1-6H3;/q-2;+2. The predicted molar refractivity (Wildman–Crippen MR) is 183 cm³/mol. The van der Waals surface area contributed by atoms with Crippen LogP contribution in [0.2, 0.25) is 0 Å². The second kappa shape index (κ2) is 12.7. The van der Waals surface area contributed by atoms with Crippen LogP contribution in [0.4, 0.5) is 0 Å². The maximum atomic E-state index is 6.39. The third kappa shape index (κ3) is 5.81. The molecule has 232 valence electrons. The molecule has 5 nitrogen and oxygen atoms in total. The van der Waals surface area contributed by atoms with Crippen molar-refractivity contribution in [3.8, 4) is 34.1 Å². The summed E-state index contributed by atoms with van der Waals surface area (Å²) in [7, 11) is 0. The van der Waals surface area contributed by atoms with Crippen LogP contribution in [0, 0.1) is 45.7 Å². The summed E-state index contributed by atoms with van der Waals surface area (Å²) in [6, 6.07) is 31.9. The molecule has 0 aliphatic rings. The first-order valence-corrected chi connectivity index (χ1v) is 15.5. The van der Waals surface area contributed by atoms with Gasteiger partial charge in [-0.2, -0.15) is 17.2 Å². The SMILES string of the molecule is Cc1cc(C)c(C)c(-c2cnn(-c3[c-]c(Oc4[c-]c5c(cc4)c4ccccc4n5-c4cc(CC(C)C)ccn4)ccc3)c2)c1C.[Pt+2]. The predicted octanol–water partition coefficient (Wildman–Crippen LogP) is 9.85. The Hall–Kier alpha value is -4.47. The Bertz CT molecular complexity index is 2180. The molecule has 0 bridgehead atoms. The molecular formula is C40H36N4OPt. The van der Waals surface area contributed by atoms with Gasteiger partial charge in [0.25, 0.3) is 0 Å². The molecule has 3 heterocycles. The number of nitrogens with zero attached hydrogens (tertiary/aromatic N) is 4. The summed E-state index contributed by atoms with van der Waals surface area (Å²) in [6.45, 7) is 13.2. The maximum absolute atomic E-state index is 6.39. The van der Waals surface area contributed by atoms with Gasteiger partial charge in [-0.1, -0.05) is 43.6 Å². The molecule has 0 spiro atoms. The van der Waals surface area contributed by atoms with Crippen LogP contribution in [0.25, 0.3) is 44.4 Å². The number of hydrogen-bond donors (Lipinski definition) is 0. The number of para-hydroxylation sites is 1. The summed E-state index contributed by atoms with van der Waals surface area (Å²) >= 11 is 0. The molecule has 7 rings (SSSR count). The zero-order chi connectivity index (χ0) is 31.2. The molecule has 0 saturated heterocycles. The van der Waals surface area contributed by atoms with Crippen LogP contribution in [0.3, 0.4) is 0 Å². The van der Waals surface area contributed by atoms with Crippen molar-refractivity contribution in [3.05, 3.63) is 131 Å². The van der Waals surface area contributed by atoms with Gasteiger partial charge in [0.15, 0.2) is 0 Å².